The smallest absolute Gasteiger partial charge is 0.313 e. The van der Waals surface area contributed by atoms with Crippen LogP contribution < -0.4 is 16.7 Å². The van der Waals surface area contributed by atoms with Crippen LogP contribution in [0.5, 0.6) is 0 Å². The lowest BCUT2D eigenvalue weighted by Gasteiger charge is -2.14. The van der Waals surface area contributed by atoms with E-state index in [9.17, 15) is 9.59 Å². The number of H-pyrrole nitrogens is 1. The number of amidine groups is 1. The van der Waals surface area contributed by atoms with Crippen LogP contribution in [0.15, 0.2) is 14.6 Å². The van der Waals surface area contributed by atoms with Crippen molar-refractivity contribution in [2.45, 2.75) is 6.92 Å². The number of hydrogen-bond acceptors (Lipinski definition) is 7. The number of anilines is 1. The number of nitrogens with one attached hydrogen (secondary N) is 2. The van der Waals surface area contributed by atoms with Crippen molar-refractivity contribution in [3.63, 3.8) is 0 Å². The first-order valence-corrected chi connectivity index (χ1v) is 4.37. The molecule has 0 aliphatic carbocycles. The highest BCUT2D eigenvalue weighted by Crippen LogP contribution is 2.16. The fourth-order valence-corrected chi connectivity index (χ4v) is 1.44. The first-order valence-electron chi connectivity index (χ1n) is 4.37. The lowest BCUT2D eigenvalue weighted by atomic mass is 10.6. The maximum atomic E-state index is 11.2. The van der Waals surface area contributed by atoms with Crippen molar-refractivity contribution in [2.24, 2.45) is 4.99 Å². The Bertz CT molecular complexity index is 735. The Balaban J connectivity index is 2.59. The van der Waals surface area contributed by atoms with Crippen molar-refractivity contribution in [3.05, 3.63) is 21.0 Å². The fraction of sp³-hybridized carbons (Fsp3) is 0.143. The third-order valence-corrected chi connectivity index (χ3v) is 2.01. The second-order valence-electron chi connectivity index (χ2n) is 3.15. The van der Waals surface area contributed by atoms with Crippen LogP contribution in [0.25, 0.3) is 5.78 Å². The minimum absolute atomic E-state index is 0.0637. The van der Waals surface area contributed by atoms with E-state index in [2.05, 4.69) is 30.2 Å². The van der Waals surface area contributed by atoms with Gasteiger partial charge in [0.15, 0.2) is 0 Å². The molecular formula is C7H5N7O2. The predicted octanol–water partition coefficient (Wildman–Crippen LogP) is -1.35. The largest absolute Gasteiger partial charge is 0.373 e. The minimum Gasteiger partial charge on any atom is -0.313 e. The van der Waals surface area contributed by atoms with Gasteiger partial charge in [-0.25, -0.2) is 14.0 Å². The Morgan fingerprint density at radius 1 is 1.19 bits per heavy atom. The highest BCUT2D eigenvalue weighted by atomic mass is 16.1. The zero-order chi connectivity index (χ0) is 11.3. The molecule has 0 aromatic carbocycles. The number of aliphatic imine (C=N–C) groups is 1. The molecule has 2 aromatic heterocycles. The summed E-state index contributed by atoms with van der Waals surface area (Å²) in [6, 6.07) is 0. The number of aromatic amines is 1. The topological polar surface area (TPSA) is 117 Å². The highest BCUT2D eigenvalue weighted by molar-refractivity contribution is 5.95. The molecular weight excluding hydrogens is 214 g/mol. The molecule has 0 radical (unpaired) electrons. The van der Waals surface area contributed by atoms with Crippen molar-refractivity contribution >= 4 is 23.5 Å². The summed E-state index contributed by atoms with van der Waals surface area (Å²) in [5.41, 5.74) is -1.30. The van der Waals surface area contributed by atoms with Gasteiger partial charge < -0.3 is 5.32 Å². The quantitative estimate of drug-likeness (QED) is 0.565. The second kappa shape index (κ2) is 2.72. The number of hydrogen-bond donors (Lipinski definition) is 2. The molecule has 9 nitrogen and oxygen atoms in total. The maximum Gasteiger partial charge on any atom is 0.373 e. The van der Waals surface area contributed by atoms with E-state index < -0.39 is 11.4 Å². The summed E-state index contributed by atoms with van der Waals surface area (Å²) in [6.07, 6.45) is 0. The summed E-state index contributed by atoms with van der Waals surface area (Å²) in [5, 5.41) is 2.78. The lowest BCUT2D eigenvalue weighted by Crippen LogP contribution is -2.27. The zero-order valence-corrected chi connectivity index (χ0v) is 8.05. The van der Waals surface area contributed by atoms with Gasteiger partial charge in [-0.2, -0.15) is 19.9 Å². The van der Waals surface area contributed by atoms with Crippen LogP contribution in [-0.2, 0) is 0 Å². The summed E-state index contributed by atoms with van der Waals surface area (Å²) < 4.78 is 1.36. The van der Waals surface area contributed by atoms with Gasteiger partial charge in [0.25, 0.3) is 0 Å². The first-order chi connectivity index (χ1) is 7.63. The molecule has 0 unspecified atom stereocenters. The number of aromatic nitrogens is 5. The molecule has 9 heteroatoms. The second-order valence-corrected chi connectivity index (χ2v) is 3.15. The van der Waals surface area contributed by atoms with E-state index in [1.807, 2.05) is 0 Å². The molecule has 3 heterocycles. The molecule has 0 fully saturated rings. The average Bonchev–Trinajstić information content (AvgIpc) is 2.14. The SMILES string of the molecule is CC1=Nc2nc(=O)nc3[nH]c(=O)nc(n23)N1. The van der Waals surface area contributed by atoms with Gasteiger partial charge in [0.2, 0.25) is 17.7 Å². The van der Waals surface area contributed by atoms with E-state index in [-0.39, 0.29) is 17.7 Å². The van der Waals surface area contributed by atoms with Gasteiger partial charge >= 0.3 is 11.4 Å². The van der Waals surface area contributed by atoms with E-state index in [0.29, 0.717) is 5.84 Å². The van der Waals surface area contributed by atoms with Gasteiger partial charge in [0.05, 0.1) is 0 Å². The normalized spacial score (nSPS) is 13.4. The molecule has 0 saturated heterocycles. The summed E-state index contributed by atoms with van der Waals surface area (Å²) in [6.45, 7) is 1.67. The molecule has 0 spiro atoms. The van der Waals surface area contributed by atoms with Crippen LogP contribution in [-0.4, -0.2) is 30.2 Å². The van der Waals surface area contributed by atoms with Gasteiger partial charge in [-0.15, -0.1) is 0 Å². The monoisotopic (exact) mass is 219 g/mol. The molecule has 2 N–H and O–H groups in total. The minimum atomic E-state index is -0.707. The third kappa shape index (κ3) is 1.11. The van der Waals surface area contributed by atoms with Crippen LogP contribution in [0.4, 0.5) is 11.9 Å². The maximum absolute atomic E-state index is 11.2. The molecule has 2 aromatic rings. The van der Waals surface area contributed by atoms with E-state index in [1.54, 1.807) is 6.92 Å². The zero-order valence-electron chi connectivity index (χ0n) is 8.05. The van der Waals surface area contributed by atoms with Crippen LogP contribution in [0.2, 0.25) is 0 Å². The van der Waals surface area contributed by atoms with Crippen molar-refractivity contribution in [2.75, 3.05) is 5.32 Å². The van der Waals surface area contributed by atoms with Gasteiger partial charge in [0, 0.05) is 0 Å². The molecule has 0 atom stereocenters. The molecule has 0 saturated carbocycles. The standard InChI is InChI=1S/C7H5N7O2/c1-2-8-3-10-6(15)12-5-13-7(16)11-4(9-2)14(3)5/h1H3,(H2,8,9,10,11,12,13,15,16). The van der Waals surface area contributed by atoms with Crippen LogP contribution >= 0.6 is 0 Å². The van der Waals surface area contributed by atoms with Gasteiger partial charge in [-0.05, 0) is 6.92 Å². The van der Waals surface area contributed by atoms with Gasteiger partial charge in [0.1, 0.15) is 5.84 Å². The van der Waals surface area contributed by atoms with Crippen molar-refractivity contribution < 1.29 is 0 Å². The van der Waals surface area contributed by atoms with Crippen LogP contribution in [0, 0.1) is 0 Å². The van der Waals surface area contributed by atoms with Gasteiger partial charge in [-0.3, -0.25) is 4.98 Å². The molecule has 1 aliphatic rings. The molecule has 0 bridgehead atoms. The number of rotatable bonds is 0. The molecule has 3 rings (SSSR count). The predicted molar refractivity (Wildman–Crippen MR) is 54.1 cm³/mol. The molecule has 80 valence electrons. The Labute approximate surface area is 86.9 Å². The van der Waals surface area contributed by atoms with Crippen LogP contribution in [0.1, 0.15) is 6.92 Å². The molecule has 0 amide bonds. The summed E-state index contributed by atoms with van der Waals surface area (Å²) in [7, 11) is 0. The third-order valence-electron chi connectivity index (χ3n) is 2.01. The van der Waals surface area contributed by atoms with Crippen molar-refractivity contribution in [1.29, 1.82) is 0 Å². The highest BCUT2D eigenvalue weighted by Gasteiger charge is 2.15. The molecule has 16 heavy (non-hydrogen) atoms. The van der Waals surface area contributed by atoms with E-state index >= 15 is 0 Å². The molecule has 1 aliphatic heterocycles. The van der Waals surface area contributed by atoms with Crippen LogP contribution in [0.3, 0.4) is 0 Å². The van der Waals surface area contributed by atoms with E-state index in [1.165, 1.54) is 4.40 Å². The van der Waals surface area contributed by atoms with Crippen molar-refractivity contribution in [1.82, 2.24) is 24.3 Å². The Morgan fingerprint density at radius 3 is 2.81 bits per heavy atom. The summed E-state index contributed by atoms with van der Waals surface area (Å²) in [4.78, 5) is 39.5. The summed E-state index contributed by atoms with van der Waals surface area (Å²) in [5.74, 6) is 0.942. The van der Waals surface area contributed by atoms with E-state index in [0.717, 1.165) is 0 Å². The Hall–Kier alpha value is -2.58. The first kappa shape index (κ1) is 8.71. The van der Waals surface area contributed by atoms with E-state index in [4.69, 9.17) is 0 Å². The average molecular weight is 219 g/mol. The fourth-order valence-electron chi connectivity index (χ4n) is 1.44. The van der Waals surface area contributed by atoms with Crippen molar-refractivity contribution in [3.8, 4) is 0 Å². The summed E-state index contributed by atoms with van der Waals surface area (Å²) >= 11 is 0. The number of nitrogens with zero attached hydrogens (tertiary/aromatic N) is 5. The Kier molecular flexibility index (Phi) is 1.48. The van der Waals surface area contributed by atoms with Gasteiger partial charge in [-0.1, -0.05) is 0 Å². The lowest BCUT2D eigenvalue weighted by molar-refractivity contribution is 0.873. The Morgan fingerprint density at radius 2 is 2.00 bits per heavy atom.